The smallest absolute Gasteiger partial charge is 0.205 e. The SMILES string of the molecule is CN(C)c1nc2ccc(O)c(O)c2n1C. The summed E-state index contributed by atoms with van der Waals surface area (Å²) in [5.74, 6) is 0.470. The molecule has 0 atom stereocenters. The summed E-state index contributed by atoms with van der Waals surface area (Å²) in [5, 5.41) is 19.1. The molecular weight excluding hydrogens is 194 g/mol. The van der Waals surface area contributed by atoms with Gasteiger partial charge in [0.2, 0.25) is 5.95 Å². The zero-order valence-electron chi connectivity index (χ0n) is 8.89. The molecule has 0 fully saturated rings. The van der Waals surface area contributed by atoms with Gasteiger partial charge < -0.3 is 19.7 Å². The highest BCUT2D eigenvalue weighted by atomic mass is 16.3. The quantitative estimate of drug-likeness (QED) is 0.686. The maximum absolute atomic E-state index is 9.70. The Hall–Kier alpha value is -1.91. The molecule has 0 aliphatic rings. The molecule has 0 aliphatic heterocycles. The van der Waals surface area contributed by atoms with Crippen LogP contribution in [0.2, 0.25) is 0 Å². The van der Waals surface area contributed by atoms with Gasteiger partial charge in [-0.2, -0.15) is 0 Å². The van der Waals surface area contributed by atoms with E-state index in [0.717, 1.165) is 5.95 Å². The average Bonchev–Trinajstić information content (AvgIpc) is 2.50. The lowest BCUT2D eigenvalue weighted by atomic mass is 10.2. The summed E-state index contributed by atoms with van der Waals surface area (Å²) >= 11 is 0. The fourth-order valence-electron chi connectivity index (χ4n) is 1.66. The minimum atomic E-state index is -0.129. The van der Waals surface area contributed by atoms with Gasteiger partial charge >= 0.3 is 0 Å². The molecule has 2 N–H and O–H groups in total. The number of aromatic hydroxyl groups is 2. The second-order valence-corrected chi connectivity index (χ2v) is 3.67. The van der Waals surface area contributed by atoms with E-state index < -0.39 is 0 Å². The van der Waals surface area contributed by atoms with E-state index in [2.05, 4.69) is 4.98 Å². The van der Waals surface area contributed by atoms with Crippen molar-refractivity contribution < 1.29 is 10.2 Å². The number of rotatable bonds is 1. The third-order valence-electron chi connectivity index (χ3n) is 2.36. The fraction of sp³-hybridized carbons (Fsp3) is 0.300. The number of phenolic OH excluding ortho intramolecular Hbond substituents is 2. The molecule has 1 heterocycles. The van der Waals surface area contributed by atoms with Gasteiger partial charge in [0, 0.05) is 21.1 Å². The maximum atomic E-state index is 9.70. The third kappa shape index (κ3) is 1.27. The van der Waals surface area contributed by atoms with E-state index in [0.29, 0.717) is 11.0 Å². The first-order valence-corrected chi connectivity index (χ1v) is 4.57. The van der Waals surface area contributed by atoms with E-state index in [1.165, 1.54) is 6.07 Å². The monoisotopic (exact) mass is 207 g/mol. The Morgan fingerprint density at radius 3 is 2.53 bits per heavy atom. The zero-order chi connectivity index (χ0) is 11.2. The number of anilines is 1. The lowest BCUT2D eigenvalue weighted by Gasteiger charge is -2.11. The van der Waals surface area contributed by atoms with Crippen molar-refractivity contribution >= 4 is 17.0 Å². The van der Waals surface area contributed by atoms with Crippen LogP contribution in [-0.4, -0.2) is 33.9 Å². The summed E-state index contributed by atoms with van der Waals surface area (Å²) in [6.45, 7) is 0. The predicted octanol–water partition coefficient (Wildman–Crippen LogP) is 1.05. The second-order valence-electron chi connectivity index (χ2n) is 3.67. The number of hydrogen-bond donors (Lipinski definition) is 2. The Balaban J connectivity index is 2.83. The van der Waals surface area contributed by atoms with Crippen LogP contribution in [0.25, 0.3) is 11.0 Å². The lowest BCUT2D eigenvalue weighted by Crippen LogP contribution is -2.13. The van der Waals surface area contributed by atoms with Crippen LogP contribution in [0, 0.1) is 0 Å². The summed E-state index contributed by atoms with van der Waals surface area (Å²) in [5.41, 5.74) is 1.20. The Morgan fingerprint density at radius 2 is 1.93 bits per heavy atom. The third-order valence-corrected chi connectivity index (χ3v) is 2.36. The number of benzene rings is 1. The van der Waals surface area contributed by atoms with E-state index in [9.17, 15) is 10.2 Å². The Bertz CT molecular complexity index is 517. The summed E-state index contributed by atoms with van der Waals surface area (Å²) < 4.78 is 1.74. The van der Waals surface area contributed by atoms with Gasteiger partial charge in [-0.15, -0.1) is 0 Å². The van der Waals surface area contributed by atoms with E-state index in [1.807, 2.05) is 19.0 Å². The molecule has 0 radical (unpaired) electrons. The molecule has 5 heteroatoms. The van der Waals surface area contributed by atoms with Gasteiger partial charge in [-0.05, 0) is 12.1 Å². The molecule has 1 aromatic carbocycles. The molecule has 1 aromatic heterocycles. The minimum absolute atomic E-state index is 0.129. The lowest BCUT2D eigenvalue weighted by molar-refractivity contribution is 0.406. The van der Waals surface area contributed by atoms with Gasteiger partial charge in [0.05, 0.1) is 5.52 Å². The van der Waals surface area contributed by atoms with E-state index in [4.69, 9.17) is 0 Å². The molecule has 15 heavy (non-hydrogen) atoms. The normalized spacial score (nSPS) is 10.9. The van der Waals surface area contributed by atoms with Crippen molar-refractivity contribution in [2.45, 2.75) is 0 Å². The standard InChI is InChI=1S/C10H13N3O2/c1-12(2)10-11-6-4-5-7(14)9(15)8(6)13(10)3/h4-5,14-15H,1-3H3. The summed E-state index contributed by atoms with van der Waals surface area (Å²) in [6, 6.07) is 3.11. The molecule has 0 aliphatic carbocycles. The molecule has 80 valence electrons. The van der Waals surface area contributed by atoms with Crippen molar-refractivity contribution in [3.63, 3.8) is 0 Å². The van der Waals surface area contributed by atoms with Crippen LogP contribution in [0.5, 0.6) is 11.5 Å². The van der Waals surface area contributed by atoms with Crippen LogP contribution in [0.15, 0.2) is 12.1 Å². The molecule has 2 aromatic rings. The Morgan fingerprint density at radius 1 is 1.27 bits per heavy atom. The number of aromatic nitrogens is 2. The number of imidazole rings is 1. The van der Waals surface area contributed by atoms with Crippen molar-refractivity contribution in [2.75, 3.05) is 19.0 Å². The molecule has 0 bridgehead atoms. The molecular formula is C10H13N3O2. The number of fused-ring (bicyclic) bond motifs is 1. The number of phenols is 2. The molecule has 0 unspecified atom stereocenters. The highest BCUT2D eigenvalue weighted by molar-refractivity contribution is 5.86. The van der Waals surface area contributed by atoms with Crippen molar-refractivity contribution in [1.82, 2.24) is 9.55 Å². The summed E-state index contributed by atoms with van der Waals surface area (Å²) in [4.78, 5) is 6.18. The largest absolute Gasteiger partial charge is 0.504 e. The number of aryl methyl sites for hydroxylation is 1. The van der Waals surface area contributed by atoms with Gasteiger partial charge in [-0.1, -0.05) is 0 Å². The van der Waals surface area contributed by atoms with Crippen LogP contribution in [0.1, 0.15) is 0 Å². The Labute approximate surface area is 87.2 Å². The van der Waals surface area contributed by atoms with Gasteiger partial charge in [-0.3, -0.25) is 0 Å². The molecule has 2 rings (SSSR count). The van der Waals surface area contributed by atoms with Crippen molar-refractivity contribution in [1.29, 1.82) is 0 Å². The van der Waals surface area contributed by atoms with Crippen LogP contribution < -0.4 is 4.90 Å². The Kier molecular flexibility index (Phi) is 1.96. The second kappa shape index (κ2) is 3.05. The molecule has 5 nitrogen and oxygen atoms in total. The van der Waals surface area contributed by atoms with Crippen LogP contribution in [0.4, 0.5) is 5.95 Å². The van der Waals surface area contributed by atoms with Crippen molar-refractivity contribution in [3.05, 3.63) is 12.1 Å². The predicted molar refractivity (Wildman–Crippen MR) is 58.4 cm³/mol. The topological polar surface area (TPSA) is 61.5 Å². The first kappa shape index (κ1) is 9.64. The van der Waals surface area contributed by atoms with Gasteiger partial charge in [0.25, 0.3) is 0 Å². The molecule has 0 amide bonds. The van der Waals surface area contributed by atoms with E-state index in [1.54, 1.807) is 17.7 Å². The average molecular weight is 207 g/mol. The zero-order valence-corrected chi connectivity index (χ0v) is 8.89. The van der Waals surface area contributed by atoms with Gasteiger partial charge in [-0.25, -0.2) is 4.98 Å². The first-order chi connectivity index (χ1) is 7.02. The van der Waals surface area contributed by atoms with Crippen molar-refractivity contribution in [3.8, 4) is 11.5 Å². The van der Waals surface area contributed by atoms with Crippen LogP contribution in [0.3, 0.4) is 0 Å². The maximum Gasteiger partial charge on any atom is 0.205 e. The minimum Gasteiger partial charge on any atom is -0.504 e. The van der Waals surface area contributed by atoms with Crippen LogP contribution in [-0.2, 0) is 7.05 Å². The highest BCUT2D eigenvalue weighted by Crippen LogP contribution is 2.34. The van der Waals surface area contributed by atoms with E-state index >= 15 is 0 Å². The van der Waals surface area contributed by atoms with Crippen molar-refractivity contribution in [2.24, 2.45) is 7.05 Å². The molecule has 0 spiro atoms. The summed E-state index contributed by atoms with van der Waals surface area (Å²) in [7, 11) is 5.54. The number of nitrogens with zero attached hydrogens (tertiary/aromatic N) is 3. The van der Waals surface area contributed by atoms with E-state index in [-0.39, 0.29) is 11.5 Å². The fourth-order valence-corrected chi connectivity index (χ4v) is 1.66. The number of hydrogen-bond acceptors (Lipinski definition) is 4. The molecule has 0 saturated heterocycles. The highest BCUT2D eigenvalue weighted by Gasteiger charge is 2.14. The van der Waals surface area contributed by atoms with Crippen LogP contribution >= 0.6 is 0 Å². The first-order valence-electron chi connectivity index (χ1n) is 4.57. The molecule has 0 saturated carbocycles. The van der Waals surface area contributed by atoms with Gasteiger partial charge in [0.15, 0.2) is 11.5 Å². The van der Waals surface area contributed by atoms with Gasteiger partial charge in [0.1, 0.15) is 5.52 Å². The summed E-state index contributed by atoms with van der Waals surface area (Å²) in [6.07, 6.45) is 0.